The Labute approximate surface area is 194 Å². The van der Waals surface area contributed by atoms with Crippen molar-refractivity contribution in [1.82, 2.24) is 9.55 Å². The van der Waals surface area contributed by atoms with Crippen molar-refractivity contribution in [3.8, 4) is 5.69 Å². The standard InChI is InChI=1S/C25H24N4O3S/c1-15(30)22-14-21-24(33-22)27-23(26-16(2)31)25(32)29(21)19-11-10-17-7-6-12-28(20(17)13-19)18-8-4-3-5-9-18/h3-5,8-11,13-14,16,31H,6-7,12H2,1-2H3,(H,26,27). The second kappa shape index (κ2) is 8.46. The topological polar surface area (TPSA) is 87.5 Å². The molecule has 1 unspecified atom stereocenters. The lowest BCUT2D eigenvalue weighted by Gasteiger charge is -2.32. The van der Waals surface area contributed by atoms with Gasteiger partial charge < -0.3 is 15.3 Å². The summed E-state index contributed by atoms with van der Waals surface area (Å²) in [6, 6.07) is 18.0. The van der Waals surface area contributed by atoms with E-state index in [2.05, 4.69) is 33.4 Å². The zero-order chi connectivity index (χ0) is 23.1. The third kappa shape index (κ3) is 3.92. The molecule has 33 heavy (non-hydrogen) atoms. The van der Waals surface area contributed by atoms with E-state index in [0.29, 0.717) is 20.9 Å². The number of anilines is 3. The number of carbonyl (C=O) groups excluding carboxylic acids is 1. The van der Waals surface area contributed by atoms with E-state index in [1.807, 2.05) is 30.3 Å². The van der Waals surface area contributed by atoms with Crippen LogP contribution >= 0.6 is 11.3 Å². The molecule has 0 bridgehead atoms. The van der Waals surface area contributed by atoms with Gasteiger partial charge in [0.15, 0.2) is 11.6 Å². The van der Waals surface area contributed by atoms with Gasteiger partial charge in [-0.25, -0.2) is 4.98 Å². The smallest absolute Gasteiger partial charge is 0.298 e. The van der Waals surface area contributed by atoms with Gasteiger partial charge in [-0.2, -0.15) is 0 Å². The lowest BCUT2D eigenvalue weighted by molar-refractivity contribution is 0.102. The number of aliphatic hydroxyl groups excluding tert-OH is 1. The van der Waals surface area contributed by atoms with Crippen molar-refractivity contribution >= 4 is 44.7 Å². The SMILES string of the molecule is CC(=O)c1cc2c(nc(NC(C)O)c(=O)n2-c2ccc3c(c2)N(c2ccccc2)CCC3)s1. The third-order valence-electron chi connectivity index (χ3n) is 5.76. The molecule has 0 radical (unpaired) electrons. The number of aromatic nitrogens is 2. The summed E-state index contributed by atoms with van der Waals surface area (Å²) in [7, 11) is 0. The molecular formula is C25H24N4O3S. The first-order valence-corrected chi connectivity index (χ1v) is 11.7. The number of nitrogens with zero attached hydrogens (tertiary/aromatic N) is 3. The van der Waals surface area contributed by atoms with E-state index in [-0.39, 0.29) is 17.2 Å². The number of aliphatic hydroxyl groups is 1. The molecule has 0 saturated carbocycles. The number of rotatable bonds is 5. The van der Waals surface area contributed by atoms with Crippen molar-refractivity contribution in [2.45, 2.75) is 32.9 Å². The molecule has 1 aliphatic rings. The Morgan fingerprint density at radius 3 is 2.67 bits per heavy atom. The minimum atomic E-state index is -0.944. The quantitative estimate of drug-likeness (QED) is 0.337. The normalized spacial score (nSPS) is 14.2. The van der Waals surface area contributed by atoms with E-state index in [0.717, 1.165) is 30.8 Å². The molecule has 2 aromatic carbocycles. The number of carbonyl (C=O) groups is 1. The molecule has 2 aromatic heterocycles. The van der Waals surface area contributed by atoms with Crippen LogP contribution in [0.15, 0.2) is 59.4 Å². The highest BCUT2D eigenvalue weighted by Crippen LogP contribution is 2.35. The maximum atomic E-state index is 13.5. The molecule has 3 heterocycles. The molecule has 1 atom stereocenters. The summed E-state index contributed by atoms with van der Waals surface area (Å²) in [4.78, 5) is 33.3. The number of ketones is 1. The van der Waals surface area contributed by atoms with Gasteiger partial charge in [0, 0.05) is 17.9 Å². The highest BCUT2D eigenvalue weighted by atomic mass is 32.1. The summed E-state index contributed by atoms with van der Waals surface area (Å²) >= 11 is 1.24. The number of aryl methyl sites for hydroxylation is 1. The van der Waals surface area contributed by atoms with Crippen LogP contribution in [0.4, 0.5) is 17.2 Å². The van der Waals surface area contributed by atoms with Gasteiger partial charge in [-0.05, 0) is 62.6 Å². The monoisotopic (exact) mass is 460 g/mol. The molecule has 5 rings (SSSR count). The van der Waals surface area contributed by atoms with E-state index in [4.69, 9.17) is 0 Å². The minimum absolute atomic E-state index is 0.0482. The largest absolute Gasteiger partial charge is 0.374 e. The minimum Gasteiger partial charge on any atom is -0.374 e. The lowest BCUT2D eigenvalue weighted by atomic mass is 10.00. The molecular weight excluding hydrogens is 436 g/mol. The van der Waals surface area contributed by atoms with Crippen LogP contribution in [-0.2, 0) is 6.42 Å². The summed E-state index contributed by atoms with van der Waals surface area (Å²) in [5, 5.41) is 12.6. The number of nitrogens with one attached hydrogen (secondary N) is 1. The second-order valence-electron chi connectivity index (χ2n) is 8.18. The predicted molar refractivity (Wildman–Crippen MR) is 132 cm³/mol. The van der Waals surface area contributed by atoms with E-state index in [1.165, 1.54) is 30.7 Å². The fourth-order valence-corrected chi connectivity index (χ4v) is 5.19. The van der Waals surface area contributed by atoms with E-state index in [1.54, 1.807) is 10.6 Å². The van der Waals surface area contributed by atoms with Gasteiger partial charge in [0.2, 0.25) is 0 Å². The Kier molecular flexibility index (Phi) is 5.47. The number of fused-ring (bicyclic) bond motifs is 2. The average molecular weight is 461 g/mol. The fourth-order valence-electron chi connectivity index (χ4n) is 4.28. The van der Waals surface area contributed by atoms with Crippen LogP contribution < -0.4 is 15.8 Å². The summed E-state index contributed by atoms with van der Waals surface area (Å²) in [6.45, 7) is 3.92. The van der Waals surface area contributed by atoms with E-state index in [9.17, 15) is 14.7 Å². The Morgan fingerprint density at radius 2 is 1.94 bits per heavy atom. The summed E-state index contributed by atoms with van der Waals surface area (Å²) in [5.41, 5.74) is 4.29. The zero-order valence-electron chi connectivity index (χ0n) is 18.4. The zero-order valence-corrected chi connectivity index (χ0v) is 19.2. The number of para-hydroxylation sites is 1. The van der Waals surface area contributed by atoms with Crippen LogP contribution in [0.1, 0.15) is 35.5 Å². The molecule has 7 nitrogen and oxygen atoms in total. The van der Waals surface area contributed by atoms with Gasteiger partial charge in [0.1, 0.15) is 11.1 Å². The molecule has 168 valence electrons. The first kappa shape index (κ1) is 21.4. The molecule has 0 fully saturated rings. The van der Waals surface area contributed by atoms with Crippen molar-refractivity contribution in [3.05, 3.63) is 75.4 Å². The number of benzene rings is 2. The van der Waals surface area contributed by atoms with Crippen LogP contribution in [0, 0.1) is 0 Å². The molecule has 0 amide bonds. The maximum absolute atomic E-state index is 13.5. The first-order chi connectivity index (χ1) is 15.9. The van der Waals surface area contributed by atoms with E-state index >= 15 is 0 Å². The molecule has 2 N–H and O–H groups in total. The van der Waals surface area contributed by atoms with Crippen molar-refractivity contribution in [2.24, 2.45) is 0 Å². The van der Waals surface area contributed by atoms with Gasteiger partial charge in [0.05, 0.1) is 16.1 Å². The van der Waals surface area contributed by atoms with Crippen molar-refractivity contribution in [1.29, 1.82) is 0 Å². The van der Waals surface area contributed by atoms with Crippen LogP contribution in [0.25, 0.3) is 16.0 Å². The van der Waals surface area contributed by atoms with Crippen molar-refractivity contribution in [2.75, 3.05) is 16.8 Å². The van der Waals surface area contributed by atoms with E-state index < -0.39 is 6.23 Å². The summed E-state index contributed by atoms with van der Waals surface area (Å²) in [5.74, 6) is -0.0326. The molecule has 0 aliphatic carbocycles. The lowest BCUT2D eigenvalue weighted by Crippen LogP contribution is -2.28. The van der Waals surface area contributed by atoms with Gasteiger partial charge in [-0.15, -0.1) is 11.3 Å². The average Bonchev–Trinajstić information content (AvgIpc) is 3.23. The Balaban J connectivity index is 1.73. The Bertz CT molecular complexity index is 1410. The van der Waals surface area contributed by atoms with Gasteiger partial charge >= 0.3 is 0 Å². The summed E-state index contributed by atoms with van der Waals surface area (Å²) < 4.78 is 1.58. The number of hydrogen-bond donors (Lipinski definition) is 2. The molecule has 8 heteroatoms. The molecule has 4 aromatic rings. The Hall–Kier alpha value is -3.49. The van der Waals surface area contributed by atoms with Crippen LogP contribution in [0.5, 0.6) is 0 Å². The summed E-state index contributed by atoms with van der Waals surface area (Å²) in [6.07, 6.45) is 1.08. The van der Waals surface area contributed by atoms with Gasteiger partial charge in [-0.3, -0.25) is 14.2 Å². The predicted octanol–water partition coefficient (Wildman–Crippen LogP) is 4.48. The first-order valence-electron chi connectivity index (χ1n) is 10.9. The van der Waals surface area contributed by atoms with Gasteiger partial charge in [0.25, 0.3) is 5.56 Å². The van der Waals surface area contributed by atoms with Gasteiger partial charge in [-0.1, -0.05) is 24.3 Å². The molecule has 1 aliphatic heterocycles. The van der Waals surface area contributed by atoms with Crippen LogP contribution in [0.3, 0.4) is 0 Å². The second-order valence-corrected chi connectivity index (χ2v) is 9.21. The fraction of sp³-hybridized carbons (Fsp3) is 0.240. The highest BCUT2D eigenvalue weighted by Gasteiger charge is 2.22. The van der Waals surface area contributed by atoms with Crippen molar-refractivity contribution in [3.63, 3.8) is 0 Å². The maximum Gasteiger partial charge on any atom is 0.298 e. The van der Waals surface area contributed by atoms with Crippen molar-refractivity contribution < 1.29 is 9.90 Å². The molecule has 0 spiro atoms. The van der Waals surface area contributed by atoms with Crippen LogP contribution in [0.2, 0.25) is 0 Å². The number of thiophene rings is 1. The molecule has 0 saturated heterocycles. The number of hydrogen-bond acceptors (Lipinski definition) is 7. The highest BCUT2D eigenvalue weighted by molar-refractivity contribution is 7.20. The van der Waals surface area contributed by atoms with Crippen LogP contribution in [-0.4, -0.2) is 33.2 Å². The Morgan fingerprint density at radius 1 is 1.15 bits per heavy atom. The third-order valence-corrected chi connectivity index (χ3v) is 6.88. The number of Topliss-reactive ketones (excluding diaryl/α,β-unsaturated/α-hetero) is 1.